The van der Waals surface area contributed by atoms with Crippen molar-refractivity contribution in [1.29, 1.82) is 0 Å². The Labute approximate surface area is 76.2 Å². The molecule has 0 aliphatic carbocycles. The molecule has 5 heteroatoms. The molecule has 0 aromatic rings. The van der Waals surface area contributed by atoms with Crippen LogP contribution in [0.15, 0.2) is 0 Å². The van der Waals surface area contributed by atoms with Gasteiger partial charge < -0.3 is 4.74 Å². The van der Waals surface area contributed by atoms with E-state index < -0.39 is 16.9 Å². The summed E-state index contributed by atoms with van der Waals surface area (Å²) in [4.78, 5) is 20.6. The first-order valence-corrected chi connectivity index (χ1v) is 3.83. The Morgan fingerprint density at radius 1 is 1.69 bits per heavy atom. The molecule has 1 unspecified atom stereocenters. The van der Waals surface area contributed by atoms with Gasteiger partial charge in [-0.25, -0.2) is 4.79 Å². The zero-order chi connectivity index (χ0) is 10.3. The molecule has 0 aliphatic rings. The molecule has 0 aliphatic heterocycles. The lowest BCUT2D eigenvalue weighted by molar-refractivity contribution is -0.509. The Balaban J connectivity index is 4.29. The van der Waals surface area contributed by atoms with Crippen molar-refractivity contribution in [2.75, 3.05) is 6.61 Å². The lowest BCUT2D eigenvalue weighted by Crippen LogP contribution is -2.30. The largest absolute Gasteiger partial charge is 0.461 e. The van der Waals surface area contributed by atoms with Crippen LogP contribution in [0.2, 0.25) is 0 Å². The SMILES string of the molecule is CC#CCC(C(=O)OCC)[N+](=O)[O-]. The Kier molecular flexibility index (Phi) is 5.28. The van der Waals surface area contributed by atoms with Crippen LogP contribution in [-0.4, -0.2) is 23.5 Å². The van der Waals surface area contributed by atoms with Crippen LogP contribution < -0.4 is 0 Å². The van der Waals surface area contributed by atoms with Gasteiger partial charge >= 0.3 is 12.0 Å². The second kappa shape index (κ2) is 6.00. The lowest BCUT2D eigenvalue weighted by atomic mass is 10.2. The highest BCUT2D eigenvalue weighted by Gasteiger charge is 2.29. The minimum absolute atomic E-state index is 0.0949. The lowest BCUT2D eigenvalue weighted by Gasteiger charge is -2.04. The Bertz CT molecular complexity index is 251. The highest BCUT2D eigenvalue weighted by atomic mass is 16.6. The molecule has 0 aromatic heterocycles. The van der Waals surface area contributed by atoms with Crippen molar-refractivity contribution in [2.24, 2.45) is 0 Å². The number of nitro groups is 1. The molecule has 0 bridgehead atoms. The predicted octanol–water partition coefficient (Wildman–Crippen LogP) is 0.608. The summed E-state index contributed by atoms with van der Waals surface area (Å²) in [6.45, 7) is 3.30. The molecule has 0 saturated heterocycles. The van der Waals surface area contributed by atoms with Gasteiger partial charge in [-0.3, -0.25) is 10.1 Å². The topological polar surface area (TPSA) is 69.4 Å². The smallest absolute Gasteiger partial charge is 0.382 e. The molecule has 0 aromatic carbocycles. The van der Waals surface area contributed by atoms with Crippen LogP contribution >= 0.6 is 0 Å². The fourth-order valence-corrected chi connectivity index (χ4v) is 0.681. The Morgan fingerprint density at radius 2 is 2.31 bits per heavy atom. The zero-order valence-electron chi connectivity index (χ0n) is 7.57. The van der Waals surface area contributed by atoms with Crippen LogP contribution in [-0.2, 0) is 9.53 Å². The van der Waals surface area contributed by atoms with E-state index in [-0.39, 0.29) is 13.0 Å². The first-order chi connectivity index (χ1) is 6.13. The van der Waals surface area contributed by atoms with Crippen molar-refractivity contribution in [3.8, 4) is 11.8 Å². The number of esters is 1. The molecule has 72 valence electrons. The fraction of sp³-hybridized carbons (Fsp3) is 0.625. The van der Waals surface area contributed by atoms with Crippen molar-refractivity contribution < 1.29 is 14.5 Å². The van der Waals surface area contributed by atoms with Crippen molar-refractivity contribution in [1.82, 2.24) is 0 Å². The minimum atomic E-state index is -1.35. The first kappa shape index (κ1) is 11.4. The number of hydrogen-bond donors (Lipinski definition) is 0. The second-order valence-corrected chi connectivity index (χ2v) is 2.18. The van der Waals surface area contributed by atoms with E-state index in [0.717, 1.165) is 0 Å². The molecule has 0 rings (SSSR count). The number of carbonyl (C=O) groups is 1. The molecule has 13 heavy (non-hydrogen) atoms. The summed E-state index contributed by atoms with van der Waals surface area (Å²) in [5.41, 5.74) is 0. The minimum Gasteiger partial charge on any atom is -0.461 e. The molecule has 0 fully saturated rings. The van der Waals surface area contributed by atoms with E-state index in [1.165, 1.54) is 0 Å². The van der Waals surface area contributed by atoms with Crippen molar-refractivity contribution in [3.63, 3.8) is 0 Å². The molecule has 0 radical (unpaired) electrons. The highest BCUT2D eigenvalue weighted by Crippen LogP contribution is 1.99. The van der Waals surface area contributed by atoms with Crippen LogP contribution in [0.3, 0.4) is 0 Å². The molecule has 0 saturated carbocycles. The highest BCUT2D eigenvalue weighted by molar-refractivity contribution is 5.74. The molecule has 0 N–H and O–H groups in total. The molecule has 5 nitrogen and oxygen atoms in total. The number of ether oxygens (including phenoxy) is 1. The molecule has 1 atom stereocenters. The van der Waals surface area contributed by atoms with Gasteiger partial charge in [-0.1, -0.05) is 5.92 Å². The summed E-state index contributed by atoms with van der Waals surface area (Å²) in [5.74, 6) is 4.14. The van der Waals surface area contributed by atoms with Crippen LogP contribution in [0.25, 0.3) is 0 Å². The van der Waals surface area contributed by atoms with E-state index in [1.807, 2.05) is 0 Å². The van der Waals surface area contributed by atoms with Crippen LogP contribution in [0, 0.1) is 22.0 Å². The van der Waals surface area contributed by atoms with E-state index in [1.54, 1.807) is 13.8 Å². The van der Waals surface area contributed by atoms with Gasteiger partial charge in [-0.05, 0) is 13.8 Å². The summed E-state index contributed by atoms with van der Waals surface area (Å²) < 4.78 is 4.51. The van der Waals surface area contributed by atoms with Crippen molar-refractivity contribution in [3.05, 3.63) is 10.1 Å². The van der Waals surface area contributed by atoms with Gasteiger partial charge in [0.1, 0.15) is 0 Å². The van der Waals surface area contributed by atoms with E-state index in [2.05, 4.69) is 16.6 Å². The molecule has 0 spiro atoms. The van der Waals surface area contributed by atoms with Crippen LogP contribution in [0.1, 0.15) is 20.3 Å². The molecule has 0 amide bonds. The number of carbonyl (C=O) groups excluding carboxylic acids is 1. The third-order valence-corrected chi connectivity index (χ3v) is 1.29. The van der Waals surface area contributed by atoms with Gasteiger partial charge in [0.2, 0.25) is 0 Å². The van der Waals surface area contributed by atoms with Crippen LogP contribution in [0.5, 0.6) is 0 Å². The van der Waals surface area contributed by atoms with Crippen molar-refractivity contribution >= 4 is 5.97 Å². The van der Waals surface area contributed by atoms with E-state index in [9.17, 15) is 14.9 Å². The number of nitrogens with zero attached hydrogens (tertiary/aromatic N) is 1. The average molecular weight is 185 g/mol. The molecular formula is C8H11NO4. The summed E-state index contributed by atoms with van der Waals surface area (Å²) >= 11 is 0. The Morgan fingerprint density at radius 3 is 2.69 bits per heavy atom. The van der Waals surface area contributed by atoms with E-state index in [4.69, 9.17) is 0 Å². The maximum absolute atomic E-state index is 11.0. The van der Waals surface area contributed by atoms with Gasteiger partial charge in [-0.2, -0.15) is 0 Å². The fourth-order valence-electron chi connectivity index (χ4n) is 0.681. The monoisotopic (exact) mass is 185 g/mol. The summed E-state index contributed by atoms with van der Waals surface area (Å²) in [6, 6.07) is -1.35. The van der Waals surface area contributed by atoms with Crippen LogP contribution in [0.4, 0.5) is 0 Å². The first-order valence-electron chi connectivity index (χ1n) is 3.83. The maximum Gasteiger partial charge on any atom is 0.382 e. The van der Waals surface area contributed by atoms with Gasteiger partial charge in [-0.15, -0.1) is 5.92 Å². The Hall–Kier alpha value is -1.57. The summed E-state index contributed by atoms with van der Waals surface area (Å²) in [5, 5.41) is 10.4. The predicted molar refractivity (Wildman–Crippen MR) is 45.5 cm³/mol. The van der Waals surface area contributed by atoms with Gasteiger partial charge in [0, 0.05) is 4.92 Å². The summed E-state index contributed by atoms with van der Waals surface area (Å²) in [6.07, 6.45) is -0.0949. The molecule has 0 heterocycles. The maximum atomic E-state index is 11.0. The number of rotatable bonds is 4. The second-order valence-electron chi connectivity index (χ2n) is 2.18. The number of hydrogen-bond acceptors (Lipinski definition) is 4. The van der Waals surface area contributed by atoms with Gasteiger partial charge in [0.25, 0.3) is 0 Å². The third kappa shape index (κ3) is 4.11. The zero-order valence-corrected chi connectivity index (χ0v) is 7.57. The van der Waals surface area contributed by atoms with E-state index in [0.29, 0.717) is 0 Å². The average Bonchev–Trinajstić information content (AvgIpc) is 2.05. The van der Waals surface area contributed by atoms with Crippen molar-refractivity contribution in [2.45, 2.75) is 26.3 Å². The molecular weight excluding hydrogens is 174 g/mol. The third-order valence-electron chi connectivity index (χ3n) is 1.29. The van der Waals surface area contributed by atoms with E-state index >= 15 is 0 Å². The van der Waals surface area contributed by atoms with Gasteiger partial charge in [0.15, 0.2) is 0 Å². The quantitative estimate of drug-likeness (QED) is 0.278. The normalized spacial score (nSPS) is 10.9. The summed E-state index contributed by atoms with van der Waals surface area (Å²) in [7, 11) is 0. The standard InChI is InChI=1S/C8H11NO4/c1-3-5-6-7(9(11)12)8(10)13-4-2/h7H,4,6H2,1-2H3. The van der Waals surface area contributed by atoms with Gasteiger partial charge in [0.05, 0.1) is 13.0 Å².